The Morgan fingerprint density at radius 2 is 1.83 bits per heavy atom. The van der Waals surface area contributed by atoms with Crippen LogP contribution in [-0.2, 0) is 15.1 Å². The van der Waals surface area contributed by atoms with E-state index in [2.05, 4.69) is 4.99 Å². The van der Waals surface area contributed by atoms with Gasteiger partial charge in [0.1, 0.15) is 16.4 Å². The molecule has 0 bridgehead atoms. The number of carbonyl (C=O) groups is 1. The number of para-hydroxylation sites is 1. The smallest absolute Gasteiger partial charge is 0.276 e. The van der Waals surface area contributed by atoms with Gasteiger partial charge >= 0.3 is 0 Å². The van der Waals surface area contributed by atoms with E-state index in [1.165, 1.54) is 6.08 Å². The summed E-state index contributed by atoms with van der Waals surface area (Å²) >= 11 is 0. The van der Waals surface area contributed by atoms with Crippen molar-refractivity contribution >= 4 is 27.0 Å². The molecule has 0 aliphatic heterocycles. The van der Waals surface area contributed by atoms with Crippen LogP contribution in [0.5, 0.6) is 5.75 Å². The molecule has 7 nitrogen and oxygen atoms in total. The van der Waals surface area contributed by atoms with Crippen LogP contribution < -0.4 is 16.2 Å². The molecule has 0 saturated carbocycles. The monoisotopic (exact) mass is 347 g/mol. The molecule has 2 rings (SSSR count). The van der Waals surface area contributed by atoms with E-state index in [4.69, 9.17) is 16.2 Å². The molecule has 1 aliphatic rings. The third-order valence-corrected chi connectivity index (χ3v) is 4.33. The summed E-state index contributed by atoms with van der Waals surface area (Å²) < 4.78 is 29.2. The minimum absolute atomic E-state index is 0.0204. The Bertz CT molecular complexity index is 885. The Hall–Kier alpha value is -2.87. The quantitative estimate of drug-likeness (QED) is 0.472. The average molecular weight is 347 g/mol. The van der Waals surface area contributed by atoms with Crippen molar-refractivity contribution < 1.29 is 17.9 Å². The van der Waals surface area contributed by atoms with Crippen molar-refractivity contribution in [2.75, 3.05) is 0 Å². The number of aliphatic imine (C=N–C) groups is 1. The molecule has 4 N–H and O–H groups in total. The number of amides is 1. The molecule has 0 aromatic heterocycles. The first-order chi connectivity index (χ1) is 11.3. The lowest BCUT2D eigenvalue weighted by Gasteiger charge is -2.23. The lowest BCUT2D eigenvalue weighted by molar-refractivity contribution is -0.114. The number of nitrogens with zero attached hydrogens (tertiary/aromatic N) is 1. The minimum atomic E-state index is -2.58. The number of guanidine groups is 1. The van der Waals surface area contributed by atoms with Gasteiger partial charge in [0.25, 0.3) is 5.91 Å². The zero-order valence-electron chi connectivity index (χ0n) is 13.2. The van der Waals surface area contributed by atoms with Crippen molar-refractivity contribution in [3.8, 4) is 5.75 Å². The van der Waals surface area contributed by atoms with Crippen LogP contribution in [0.1, 0.15) is 13.8 Å². The first-order valence-corrected chi connectivity index (χ1v) is 8.14. The average Bonchev–Trinajstić information content (AvgIpc) is 2.50. The van der Waals surface area contributed by atoms with Gasteiger partial charge in [-0.1, -0.05) is 25.1 Å². The molecule has 0 spiro atoms. The van der Waals surface area contributed by atoms with Gasteiger partial charge in [0.05, 0.1) is 0 Å². The van der Waals surface area contributed by atoms with Crippen molar-refractivity contribution in [3.05, 3.63) is 53.3 Å². The standard InChI is InChI=1S/C16H17N3O4S/c1-9-8-12(15(20)19-16(17)18)10(2)14(24(21)22)13(9)23-11-6-4-3-5-7-11/h3-8,10H,1-2H3,(H4,17,18,19,20). The van der Waals surface area contributed by atoms with E-state index >= 15 is 0 Å². The normalized spacial score (nSPS) is 17.2. The molecule has 8 heteroatoms. The Kier molecular flexibility index (Phi) is 5.20. The van der Waals surface area contributed by atoms with Crippen molar-refractivity contribution in [1.29, 1.82) is 0 Å². The topological polar surface area (TPSA) is 125 Å². The molecular weight excluding hydrogens is 330 g/mol. The van der Waals surface area contributed by atoms with E-state index in [0.717, 1.165) is 0 Å². The van der Waals surface area contributed by atoms with Crippen LogP contribution in [0.3, 0.4) is 0 Å². The largest absolute Gasteiger partial charge is 0.456 e. The van der Waals surface area contributed by atoms with Gasteiger partial charge in [-0.3, -0.25) is 4.79 Å². The molecule has 1 unspecified atom stereocenters. The molecule has 0 heterocycles. The SMILES string of the molecule is CC1=C(Oc2ccccc2)C(=S(=O)=O)C(C)C(C(=O)N=C(N)N)=C1. The van der Waals surface area contributed by atoms with Crippen LogP contribution >= 0.6 is 0 Å². The van der Waals surface area contributed by atoms with Crippen LogP contribution in [0.4, 0.5) is 0 Å². The highest BCUT2D eigenvalue weighted by Crippen LogP contribution is 2.29. The second-order valence-corrected chi connectivity index (χ2v) is 6.10. The molecule has 1 amide bonds. The molecule has 1 aromatic rings. The lowest BCUT2D eigenvalue weighted by Crippen LogP contribution is -2.30. The summed E-state index contributed by atoms with van der Waals surface area (Å²) in [7, 11) is -2.58. The Morgan fingerprint density at radius 3 is 2.38 bits per heavy atom. The minimum Gasteiger partial charge on any atom is -0.456 e. The number of ether oxygens (including phenoxy) is 1. The fraction of sp³-hybridized carbons (Fsp3) is 0.188. The molecule has 126 valence electrons. The first kappa shape index (κ1) is 17.5. The zero-order valence-corrected chi connectivity index (χ0v) is 14.0. The molecule has 1 aromatic carbocycles. The van der Waals surface area contributed by atoms with E-state index < -0.39 is 22.1 Å². The molecule has 0 radical (unpaired) electrons. The number of benzene rings is 1. The van der Waals surface area contributed by atoms with E-state index in [9.17, 15) is 13.2 Å². The van der Waals surface area contributed by atoms with Crippen LogP contribution in [0.25, 0.3) is 0 Å². The molecule has 0 saturated heterocycles. The van der Waals surface area contributed by atoms with Gasteiger partial charge in [-0.15, -0.1) is 0 Å². The van der Waals surface area contributed by atoms with Crippen LogP contribution in [-0.4, -0.2) is 25.1 Å². The number of nitrogens with two attached hydrogens (primary N) is 2. The highest BCUT2D eigenvalue weighted by atomic mass is 32.2. The predicted octanol–water partition coefficient (Wildman–Crippen LogP) is 0.767. The van der Waals surface area contributed by atoms with Gasteiger partial charge in [0.15, 0.2) is 5.96 Å². The van der Waals surface area contributed by atoms with Crippen LogP contribution in [0, 0.1) is 5.92 Å². The van der Waals surface area contributed by atoms with Gasteiger partial charge in [-0.25, -0.2) is 0 Å². The summed E-state index contributed by atoms with van der Waals surface area (Å²) in [6.45, 7) is 3.23. The number of allylic oxidation sites excluding steroid dienone is 3. The number of hydrogen-bond acceptors (Lipinski definition) is 4. The van der Waals surface area contributed by atoms with Crippen molar-refractivity contribution in [2.24, 2.45) is 22.4 Å². The highest BCUT2D eigenvalue weighted by molar-refractivity contribution is 7.73. The molecule has 1 atom stereocenters. The van der Waals surface area contributed by atoms with Gasteiger partial charge in [-0.2, -0.15) is 13.4 Å². The number of carbonyl (C=O) groups excluding carboxylic acids is 1. The van der Waals surface area contributed by atoms with E-state index in [1.807, 2.05) is 6.07 Å². The van der Waals surface area contributed by atoms with Crippen molar-refractivity contribution in [2.45, 2.75) is 13.8 Å². The summed E-state index contributed by atoms with van der Waals surface area (Å²) in [5, 5.41) is 0. The molecule has 24 heavy (non-hydrogen) atoms. The molecular formula is C16H17N3O4S. The van der Waals surface area contributed by atoms with E-state index in [1.54, 1.807) is 38.1 Å². The number of rotatable bonds is 3. The van der Waals surface area contributed by atoms with Gasteiger partial charge < -0.3 is 16.2 Å². The summed E-state index contributed by atoms with van der Waals surface area (Å²) in [5.74, 6) is -1.10. The summed E-state index contributed by atoms with van der Waals surface area (Å²) in [4.78, 5) is 15.6. The van der Waals surface area contributed by atoms with Gasteiger partial charge in [0.2, 0.25) is 10.3 Å². The summed E-state index contributed by atoms with van der Waals surface area (Å²) in [6, 6.07) is 8.78. The highest BCUT2D eigenvalue weighted by Gasteiger charge is 2.31. The van der Waals surface area contributed by atoms with E-state index in [-0.39, 0.29) is 22.2 Å². The van der Waals surface area contributed by atoms with Crippen LogP contribution in [0.2, 0.25) is 0 Å². The molecule has 1 aliphatic carbocycles. The second-order valence-electron chi connectivity index (χ2n) is 5.19. The zero-order chi connectivity index (χ0) is 17.9. The van der Waals surface area contributed by atoms with E-state index in [0.29, 0.717) is 11.3 Å². The van der Waals surface area contributed by atoms with Crippen molar-refractivity contribution in [3.63, 3.8) is 0 Å². The Balaban J connectivity index is 2.56. The van der Waals surface area contributed by atoms with Crippen LogP contribution in [0.15, 0.2) is 58.3 Å². The molecule has 0 fully saturated rings. The Morgan fingerprint density at radius 1 is 1.21 bits per heavy atom. The second kappa shape index (κ2) is 7.14. The predicted molar refractivity (Wildman–Crippen MR) is 91.8 cm³/mol. The maximum atomic E-state index is 12.1. The summed E-state index contributed by atoms with van der Waals surface area (Å²) in [6.07, 6.45) is 1.54. The maximum Gasteiger partial charge on any atom is 0.276 e. The number of hydrogen-bond donors (Lipinski definition) is 2. The van der Waals surface area contributed by atoms with Gasteiger partial charge in [-0.05, 0) is 30.7 Å². The Labute approximate surface area is 140 Å². The fourth-order valence-electron chi connectivity index (χ4n) is 2.34. The third-order valence-electron chi connectivity index (χ3n) is 3.43. The maximum absolute atomic E-state index is 12.1. The fourth-order valence-corrected chi connectivity index (χ4v) is 3.11. The first-order valence-electron chi connectivity index (χ1n) is 7.07. The van der Waals surface area contributed by atoms with Gasteiger partial charge in [0, 0.05) is 11.5 Å². The third kappa shape index (κ3) is 3.72. The lowest BCUT2D eigenvalue weighted by atomic mass is 9.88. The van der Waals surface area contributed by atoms with Crippen molar-refractivity contribution in [1.82, 2.24) is 0 Å². The summed E-state index contributed by atoms with van der Waals surface area (Å²) in [5.41, 5.74) is 11.1.